The molecule has 1 aromatic rings. The standard InChI is InChI=1S/C13H20N2O2S/c1-3-12(10-5-6-10)15-13-8-11(18(14,16)17)7-4-9(13)2/h4,7-8,10,12,15H,3,5-6H2,1-2H3,(H2,14,16,17). The minimum Gasteiger partial charge on any atom is -0.382 e. The third-order valence-corrected chi connectivity index (χ3v) is 4.42. The molecule has 0 spiro atoms. The first kappa shape index (κ1) is 13.4. The van der Waals surface area contributed by atoms with Crippen molar-refractivity contribution in [1.82, 2.24) is 0 Å². The van der Waals surface area contributed by atoms with Crippen molar-refractivity contribution in [3.63, 3.8) is 0 Å². The van der Waals surface area contributed by atoms with Crippen LogP contribution in [0.3, 0.4) is 0 Å². The molecule has 0 saturated heterocycles. The molecule has 5 heteroatoms. The molecule has 1 aliphatic rings. The Balaban J connectivity index is 2.26. The highest BCUT2D eigenvalue weighted by molar-refractivity contribution is 7.89. The maximum atomic E-state index is 11.3. The largest absolute Gasteiger partial charge is 0.382 e. The number of primary sulfonamides is 1. The molecule has 4 nitrogen and oxygen atoms in total. The fraction of sp³-hybridized carbons (Fsp3) is 0.538. The fourth-order valence-corrected chi connectivity index (χ4v) is 2.73. The first-order valence-corrected chi connectivity index (χ1v) is 7.86. The molecule has 1 unspecified atom stereocenters. The molecule has 1 atom stereocenters. The Morgan fingerprint density at radius 3 is 2.61 bits per heavy atom. The van der Waals surface area contributed by atoms with Crippen LogP contribution in [0.25, 0.3) is 0 Å². The van der Waals surface area contributed by atoms with E-state index in [-0.39, 0.29) is 4.90 Å². The number of anilines is 1. The van der Waals surface area contributed by atoms with E-state index in [9.17, 15) is 8.42 Å². The Kier molecular flexibility index (Phi) is 3.64. The Morgan fingerprint density at radius 1 is 1.44 bits per heavy atom. The van der Waals surface area contributed by atoms with E-state index in [0.29, 0.717) is 6.04 Å². The van der Waals surface area contributed by atoms with Crippen molar-refractivity contribution >= 4 is 15.7 Å². The van der Waals surface area contributed by atoms with Gasteiger partial charge < -0.3 is 5.32 Å². The van der Waals surface area contributed by atoms with E-state index >= 15 is 0 Å². The number of hydrogen-bond donors (Lipinski definition) is 2. The van der Waals surface area contributed by atoms with Gasteiger partial charge in [-0.25, -0.2) is 13.6 Å². The van der Waals surface area contributed by atoms with Gasteiger partial charge in [-0.05, 0) is 49.8 Å². The Bertz CT molecular complexity index is 536. The van der Waals surface area contributed by atoms with E-state index in [1.165, 1.54) is 12.8 Å². The van der Waals surface area contributed by atoms with Crippen LogP contribution in [0.4, 0.5) is 5.69 Å². The Labute approximate surface area is 109 Å². The molecule has 0 amide bonds. The van der Waals surface area contributed by atoms with Gasteiger partial charge in [0.25, 0.3) is 0 Å². The Hall–Kier alpha value is -1.07. The SMILES string of the molecule is CCC(Nc1cc(S(N)(=O)=O)ccc1C)C1CC1. The first-order valence-electron chi connectivity index (χ1n) is 6.32. The molecular formula is C13H20N2O2S. The van der Waals surface area contributed by atoms with Crippen molar-refractivity contribution < 1.29 is 8.42 Å². The van der Waals surface area contributed by atoms with Crippen LogP contribution < -0.4 is 10.5 Å². The second-order valence-corrected chi connectivity index (χ2v) is 6.58. The lowest BCUT2D eigenvalue weighted by Crippen LogP contribution is -2.21. The summed E-state index contributed by atoms with van der Waals surface area (Å²) in [4.78, 5) is 0.168. The van der Waals surface area contributed by atoms with Gasteiger partial charge in [0.2, 0.25) is 10.0 Å². The highest BCUT2D eigenvalue weighted by Gasteiger charge is 2.30. The summed E-state index contributed by atoms with van der Waals surface area (Å²) < 4.78 is 22.7. The number of hydrogen-bond acceptors (Lipinski definition) is 3. The van der Waals surface area contributed by atoms with Gasteiger partial charge in [-0.2, -0.15) is 0 Å². The molecule has 18 heavy (non-hydrogen) atoms. The second kappa shape index (κ2) is 4.90. The zero-order valence-corrected chi connectivity index (χ0v) is 11.6. The van der Waals surface area contributed by atoms with Gasteiger partial charge in [-0.1, -0.05) is 13.0 Å². The van der Waals surface area contributed by atoms with Gasteiger partial charge in [0.15, 0.2) is 0 Å². The predicted octanol–water partition coefficient (Wildman–Crippen LogP) is 2.24. The van der Waals surface area contributed by atoms with Crippen molar-refractivity contribution in [1.29, 1.82) is 0 Å². The molecule has 2 rings (SSSR count). The highest BCUT2D eigenvalue weighted by atomic mass is 32.2. The Morgan fingerprint density at radius 2 is 2.11 bits per heavy atom. The van der Waals surface area contributed by atoms with Crippen molar-refractivity contribution in [2.75, 3.05) is 5.32 Å². The van der Waals surface area contributed by atoms with Gasteiger partial charge in [-0.15, -0.1) is 0 Å². The molecule has 0 aliphatic heterocycles. The van der Waals surface area contributed by atoms with Gasteiger partial charge in [0.1, 0.15) is 0 Å². The van der Waals surface area contributed by atoms with Crippen molar-refractivity contribution in [3.05, 3.63) is 23.8 Å². The third kappa shape index (κ3) is 3.03. The first-order chi connectivity index (χ1) is 8.41. The number of rotatable bonds is 5. The summed E-state index contributed by atoms with van der Waals surface area (Å²) in [5.74, 6) is 0.729. The van der Waals surface area contributed by atoms with E-state index in [4.69, 9.17) is 5.14 Å². The zero-order chi connectivity index (χ0) is 13.3. The van der Waals surface area contributed by atoms with Crippen LogP contribution in [-0.4, -0.2) is 14.5 Å². The number of nitrogens with one attached hydrogen (secondary N) is 1. The molecule has 100 valence electrons. The molecule has 1 aromatic carbocycles. The van der Waals surface area contributed by atoms with Gasteiger partial charge in [0.05, 0.1) is 4.90 Å². The summed E-state index contributed by atoms with van der Waals surface area (Å²) in [6.45, 7) is 4.11. The summed E-state index contributed by atoms with van der Waals surface area (Å²) in [5, 5.41) is 8.61. The lowest BCUT2D eigenvalue weighted by atomic mass is 10.1. The van der Waals surface area contributed by atoms with Crippen LogP contribution in [0.5, 0.6) is 0 Å². The molecular weight excluding hydrogens is 248 g/mol. The van der Waals surface area contributed by atoms with E-state index in [1.54, 1.807) is 18.2 Å². The summed E-state index contributed by atoms with van der Waals surface area (Å²) in [6, 6.07) is 5.41. The molecule has 1 saturated carbocycles. The summed E-state index contributed by atoms with van der Waals surface area (Å²) in [6.07, 6.45) is 3.57. The van der Waals surface area contributed by atoms with E-state index in [0.717, 1.165) is 23.6 Å². The van der Waals surface area contributed by atoms with Crippen LogP contribution in [0.2, 0.25) is 0 Å². The fourth-order valence-electron chi connectivity index (χ4n) is 2.19. The summed E-state index contributed by atoms with van der Waals surface area (Å²) in [5.41, 5.74) is 1.92. The van der Waals surface area contributed by atoms with Crippen molar-refractivity contribution in [2.45, 2.75) is 44.0 Å². The zero-order valence-electron chi connectivity index (χ0n) is 10.8. The molecule has 3 N–H and O–H groups in total. The molecule has 1 fully saturated rings. The normalized spacial score (nSPS) is 17.5. The van der Waals surface area contributed by atoms with E-state index in [2.05, 4.69) is 12.2 Å². The average Bonchev–Trinajstić information content (AvgIpc) is 3.10. The smallest absolute Gasteiger partial charge is 0.238 e. The molecule has 0 radical (unpaired) electrons. The topological polar surface area (TPSA) is 72.2 Å². The molecule has 0 aromatic heterocycles. The lowest BCUT2D eigenvalue weighted by molar-refractivity contribution is 0.597. The maximum absolute atomic E-state index is 11.3. The highest BCUT2D eigenvalue weighted by Crippen LogP contribution is 2.36. The number of aryl methyl sites for hydroxylation is 1. The van der Waals surface area contributed by atoms with Gasteiger partial charge in [0, 0.05) is 11.7 Å². The minimum absolute atomic E-state index is 0.168. The molecule has 0 bridgehead atoms. The van der Waals surface area contributed by atoms with Crippen molar-refractivity contribution in [3.8, 4) is 0 Å². The third-order valence-electron chi connectivity index (χ3n) is 3.51. The molecule has 1 aliphatic carbocycles. The second-order valence-electron chi connectivity index (χ2n) is 5.02. The number of sulfonamides is 1. The van der Waals surface area contributed by atoms with Crippen LogP contribution >= 0.6 is 0 Å². The summed E-state index contributed by atoms with van der Waals surface area (Å²) in [7, 11) is -3.63. The monoisotopic (exact) mass is 268 g/mol. The van der Waals surface area contributed by atoms with Crippen LogP contribution in [0, 0.1) is 12.8 Å². The predicted molar refractivity (Wildman–Crippen MR) is 73.0 cm³/mol. The van der Waals surface area contributed by atoms with Gasteiger partial charge in [-0.3, -0.25) is 0 Å². The lowest BCUT2D eigenvalue weighted by Gasteiger charge is -2.19. The summed E-state index contributed by atoms with van der Waals surface area (Å²) >= 11 is 0. The van der Waals surface area contributed by atoms with Crippen LogP contribution in [0.15, 0.2) is 23.1 Å². The van der Waals surface area contributed by atoms with Crippen LogP contribution in [-0.2, 0) is 10.0 Å². The average molecular weight is 268 g/mol. The van der Waals surface area contributed by atoms with E-state index in [1.807, 2.05) is 6.92 Å². The van der Waals surface area contributed by atoms with E-state index < -0.39 is 10.0 Å². The molecule has 0 heterocycles. The van der Waals surface area contributed by atoms with Crippen molar-refractivity contribution in [2.24, 2.45) is 11.1 Å². The number of nitrogens with two attached hydrogens (primary N) is 1. The maximum Gasteiger partial charge on any atom is 0.238 e. The van der Waals surface area contributed by atoms with Crippen LogP contribution in [0.1, 0.15) is 31.7 Å². The van der Waals surface area contributed by atoms with Gasteiger partial charge >= 0.3 is 0 Å². The minimum atomic E-state index is -3.63. The quantitative estimate of drug-likeness (QED) is 0.860. The number of benzene rings is 1.